The molecule has 0 aromatic heterocycles. The number of ether oxygens (including phenoxy) is 3. The predicted octanol–water partition coefficient (Wildman–Crippen LogP) is 2.75. The summed E-state index contributed by atoms with van der Waals surface area (Å²) in [6.07, 6.45) is 3.54. The van der Waals surface area contributed by atoms with Crippen molar-refractivity contribution < 1.29 is 19.0 Å². The zero-order valence-corrected chi connectivity index (χ0v) is 15.1. The number of carbonyl (C=O) groups is 1. The second kappa shape index (κ2) is 9.81. The van der Waals surface area contributed by atoms with Gasteiger partial charge in [0.2, 0.25) is 0 Å². The molecule has 0 heterocycles. The molecule has 0 amide bonds. The molecule has 106 valence electrons. The summed E-state index contributed by atoms with van der Waals surface area (Å²) in [7, 11) is 1.61. The van der Waals surface area contributed by atoms with Crippen molar-refractivity contribution in [3.8, 4) is 0 Å². The van der Waals surface area contributed by atoms with Crippen LogP contribution < -0.4 is 0 Å². The fourth-order valence-corrected chi connectivity index (χ4v) is 5.71. The Balaban J connectivity index is 4.29. The van der Waals surface area contributed by atoms with E-state index >= 15 is 0 Å². The minimum atomic E-state index is -2.21. The van der Waals surface area contributed by atoms with Gasteiger partial charge in [-0.25, -0.2) is 0 Å². The minimum absolute atomic E-state index is 0.211. The Kier molecular flexibility index (Phi) is 9.77. The Bertz CT molecular complexity index is 269. The number of carbonyl (C=O) groups excluding carboxylic acids is 1. The molecule has 0 radical (unpaired) electrons. The molecule has 4 nitrogen and oxygen atoms in total. The van der Waals surface area contributed by atoms with E-state index in [-0.39, 0.29) is 5.97 Å². The molecular weight excluding hydrogens is 339 g/mol. The Morgan fingerprint density at radius 1 is 1.28 bits per heavy atom. The van der Waals surface area contributed by atoms with Crippen molar-refractivity contribution in [1.29, 1.82) is 0 Å². The Morgan fingerprint density at radius 3 is 2.44 bits per heavy atom. The van der Waals surface area contributed by atoms with Crippen LogP contribution in [0.4, 0.5) is 0 Å². The van der Waals surface area contributed by atoms with Gasteiger partial charge in [-0.2, -0.15) is 0 Å². The number of rotatable bonds is 9. The molecule has 0 aliphatic carbocycles. The van der Waals surface area contributed by atoms with E-state index in [0.29, 0.717) is 20.0 Å². The van der Waals surface area contributed by atoms with Gasteiger partial charge in [0, 0.05) is 0 Å². The maximum absolute atomic E-state index is 11.5. The molecule has 0 N–H and O–H groups in total. The Labute approximate surface area is 115 Å². The van der Waals surface area contributed by atoms with Gasteiger partial charge in [0.1, 0.15) is 0 Å². The molecule has 0 saturated heterocycles. The molecule has 0 aliphatic rings. The summed E-state index contributed by atoms with van der Waals surface area (Å²) >= 11 is -2.21. The summed E-state index contributed by atoms with van der Waals surface area (Å²) in [6.45, 7) is 3.25. The van der Waals surface area contributed by atoms with Crippen LogP contribution in [-0.2, 0) is 19.0 Å². The standard InChI is InChI=1S/C10H17O4.3CH3.Sn/c1-3-14-10(11)7-5-4-6-8-13-9-12-2;;;;/h7H,3-4,6,8-9H2,1-2H3;3*1H3;. The summed E-state index contributed by atoms with van der Waals surface area (Å²) in [5, 5.41) is 0. The molecule has 0 aromatic carbocycles. The normalized spacial score (nSPS) is 12.6. The fraction of sp³-hybridized carbons (Fsp3) is 0.769. The van der Waals surface area contributed by atoms with Gasteiger partial charge < -0.3 is 0 Å². The van der Waals surface area contributed by atoms with E-state index in [2.05, 4.69) is 14.8 Å². The fourth-order valence-electron chi connectivity index (χ4n) is 1.50. The zero-order chi connectivity index (χ0) is 14.0. The molecule has 0 spiro atoms. The third kappa shape index (κ3) is 8.94. The van der Waals surface area contributed by atoms with Crippen LogP contribution in [0.15, 0.2) is 9.67 Å². The first kappa shape index (κ1) is 17.9. The summed E-state index contributed by atoms with van der Waals surface area (Å²) in [5.41, 5.74) is 0. The van der Waals surface area contributed by atoms with Gasteiger partial charge in [-0.3, -0.25) is 0 Å². The van der Waals surface area contributed by atoms with Crippen molar-refractivity contribution in [3.05, 3.63) is 9.67 Å². The van der Waals surface area contributed by atoms with E-state index in [1.54, 1.807) is 13.2 Å². The van der Waals surface area contributed by atoms with Crippen molar-refractivity contribution in [2.75, 3.05) is 27.1 Å². The van der Waals surface area contributed by atoms with Gasteiger partial charge >= 0.3 is 115 Å². The second-order valence-corrected chi connectivity index (χ2v) is 19.8. The summed E-state index contributed by atoms with van der Waals surface area (Å²) in [4.78, 5) is 18.4. The van der Waals surface area contributed by atoms with Gasteiger partial charge in [-0.1, -0.05) is 0 Å². The van der Waals surface area contributed by atoms with Crippen LogP contribution in [0.25, 0.3) is 0 Å². The second-order valence-electron chi connectivity index (χ2n) is 5.09. The van der Waals surface area contributed by atoms with Crippen molar-refractivity contribution in [2.24, 2.45) is 0 Å². The van der Waals surface area contributed by atoms with Gasteiger partial charge in [-0.05, 0) is 0 Å². The first-order valence-corrected chi connectivity index (χ1v) is 16.3. The topological polar surface area (TPSA) is 44.8 Å². The van der Waals surface area contributed by atoms with Gasteiger partial charge in [0.25, 0.3) is 0 Å². The Hall–Kier alpha value is -0.0713. The molecule has 5 heteroatoms. The molecule has 0 rings (SSSR count). The van der Waals surface area contributed by atoms with Crippen LogP contribution >= 0.6 is 0 Å². The monoisotopic (exact) mass is 366 g/mol. The van der Waals surface area contributed by atoms with Crippen molar-refractivity contribution in [2.45, 2.75) is 34.6 Å². The number of hydrogen-bond acceptors (Lipinski definition) is 4. The molecule has 0 aromatic rings. The first-order chi connectivity index (χ1) is 8.41. The van der Waals surface area contributed by atoms with Gasteiger partial charge in [-0.15, -0.1) is 0 Å². The third-order valence-corrected chi connectivity index (χ3v) is 9.10. The van der Waals surface area contributed by atoms with E-state index < -0.39 is 18.4 Å². The molecule has 18 heavy (non-hydrogen) atoms. The summed E-state index contributed by atoms with van der Waals surface area (Å²) < 4.78 is 16.3. The quantitative estimate of drug-likeness (QED) is 0.207. The molecule has 0 saturated carbocycles. The van der Waals surface area contributed by atoms with Crippen molar-refractivity contribution >= 4 is 24.3 Å². The summed E-state index contributed by atoms with van der Waals surface area (Å²) in [6, 6.07) is 0. The van der Waals surface area contributed by atoms with E-state index in [4.69, 9.17) is 14.2 Å². The first-order valence-electron chi connectivity index (χ1n) is 6.36. The summed E-state index contributed by atoms with van der Waals surface area (Å²) in [5.74, 6) is -0.211. The Morgan fingerprint density at radius 2 is 1.94 bits per heavy atom. The number of hydrogen-bond donors (Lipinski definition) is 0. The van der Waals surface area contributed by atoms with Crippen LogP contribution in [0.5, 0.6) is 0 Å². The SMILES string of the molecule is CCOC(=O)/C=[C](/CCCOCOC)[Sn]([CH3])([CH3])[CH3]. The average Bonchev–Trinajstić information content (AvgIpc) is 2.26. The van der Waals surface area contributed by atoms with Gasteiger partial charge in [0.05, 0.1) is 0 Å². The molecule has 0 bridgehead atoms. The van der Waals surface area contributed by atoms with Crippen molar-refractivity contribution in [3.63, 3.8) is 0 Å². The molecule has 0 aliphatic heterocycles. The van der Waals surface area contributed by atoms with Crippen LogP contribution in [0.2, 0.25) is 14.8 Å². The van der Waals surface area contributed by atoms with E-state index in [0.717, 1.165) is 12.8 Å². The average molecular weight is 365 g/mol. The van der Waals surface area contributed by atoms with Crippen LogP contribution in [-0.4, -0.2) is 51.5 Å². The zero-order valence-electron chi connectivity index (χ0n) is 12.2. The van der Waals surface area contributed by atoms with Gasteiger partial charge in [0.15, 0.2) is 0 Å². The number of methoxy groups -OCH3 is 1. The molecule has 0 atom stereocenters. The molecular formula is C13H26O4Sn. The van der Waals surface area contributed by atoms with Crippen LogP contribution in [0.3, 0.4) is 0 Å². The number of allylic oxidation sites excluding steroid dienone is 1. The number of esters is 1. The third-order valence-electron chi connectivity index (χ3n) is 2.48. The van der Waals surface area contributed by atoms with E-state index in [1.807, 2.05) is 6.92 Å². The predicted molar refractivity (Wildman–Crippen MR) is 75.1 cm³/mol. The van der Waals surface area contributed by atoms with E-state index in [9.17, 15) is 4.79 Å². The van der Waals surface area contributed by atoms with Crippen LogP contribution in [0, 0.1) is 0 Å². The molecule has 0 unspecified atom stereocenters. The van der Waals surface area contributed by atoms with Crippen molar-refractivity contribution in [1.82, 2.24) is 0 Å². The maximum atomic E-state index is 11.5. The van der Waals surface area contributed by atoms with E-state index in [1.165, 1.54) is 3.59 Å². The van der Waals surface area contributed by atoms with Crippen LogP contribution in [0.1, 0.15) is 19.8 Å². The molecule has 0 fully saturated rings.